The average molecular weight is 214 g/mol. The van der Waals surface area contributed by atoms with Gasteiger partial charge in [-0.05, 0) is 6.42 Å². The molecule has 5 nitrogen and oxygen atoms in total. The Morgan fingerprint density at radius 3 is 2.73 bits per heavy atom. The summed E-state index contributed by atoms with van der Waals surface area (Å²) in [4.78, 5) is 9.72. The molecule has 0 fully saturated rings. The van der Waals surface area contributed by atoms with E-state index in [1.807, 2.05) is 0 Å². The Balaban J connectivity index is 3.31. The lowest BCUT2D eigenvalue weighted by Crippen LogP contribution is -2.10. The van der Waals surface area contributed by atoms with Crippen LogP contribution in [0.3, 0.4) is 0 Å². The lowest BCUT2D eigenvalue weighted by molar-refractivity contribution is -0.385. The maximum atomic E-state index is 13.1. The number of hydrogen-bond acceptors (Lipinski definition) is 4. The number of halogens is 1. The highest BCUT2D eigenvalue weighted by Crippen LogP contribution is 2.31. The van der Waals surface area contributed by atoms with E-state index >= 15 is 0 Å². The van der Waals surface area contributed by atoms with Gasteiger partial charge in [0.2, 0.25) is 0 Å². The van der Waals surface area contributed by atoms with Crippen LogP contribution in [0.15, 0.2) is 12.1 Å². The Morgan fingerprint density at radius 2 is 2.27 bits per heavy atom. The smallest absolute Gasteiger partial charge is 0.272 e. The van der Waals surface area contributed by atoms with Crippen LogP contribution in [-0.4, -0.2) is 10.0 Å². The van der Waals surface area contributed by atoms with E-state index in [2.05, 4.69) is 0 Å². The second kappa shape index (κ2) is 4.22. The van der Waals surface area contributed by atoms with Gasteiger partial charge in [-0.1, -0.05) is 6.92 Å². The van der Waals surface area contributed by atoms with Crippen LogP contribution in [0.25, 0.3) is 0 Å². The van der Waals surface area contributed by atoms with E-state index in [9.17, 15) is 19.6 Å². The molecule has 3 N–H and O–H groups in total. The van der Waals surface area contributed by atoms with Crippen LogP contribution in [0.1, 0.15) is 24.9 Å². The van der Waals surface area contributed by atoms with Gasteiger partial charge in [-0.2, -0.15) is 0 Å². The molecule has 0 aliphatic carbocycles. The first kappa shape index (κ1) is 11.4. The Kier molecular flexibility index (Phi) is 3.21. The molecule has 1 aromatic rings. The van der Waals surface area contributed by atoms with Crippen LogP contribution in [0, 0.1) is 15.9 Å². The summed E-state index contributed by atoms with van der Waals surface area (Å²) in [6, 6.07) is 1.15. The van der Waals surface area contributed by atoms with Gasteiger partial charge in [0, 0.05) is 17.7 Å². The topological polar surface area (TPSA) is 89.4 Å². The van der Waals surface area contributed by atoms with Gasteiger partial charge >= 0.3 is 0 Å². The van der Waals surface area contributed by atoms with Crippen LogP contribution in [0.2, 0.25) is 0 Å². The Hall–Kier alpha value is -1.69. The highest BCUT2D eigenvalue weighted by Gasteiger charge is 2.19. The Bertz CT molecular complexity index is 395. The van der Waals surface area contributed by atoms with Gasteiger partial charge in [0.05, 0.1) is 11.0 Å². The normalized spacial score (nSPS) is 12.5. The maximum Gasteiger partial charge on any atom is 0.272 e. The van der Waals surface area contributed by atoms with Crippen molar-refractivity contribution in [1.29, 1.82) is 0 Å². The van der Waals surface area contributed by atoms with Crippen molar-refractivity contribution in [2.45, 2.75) is 19.4 Å². The highest BCUT2D eigenvalue weighted by molar-refractivity contribution is 5.45. The number of benzene rings is 1. The first-order valence-corrected chi connectivity index (χ1v) is 4.39. The number of nitro groups is 1. The fourth-order valence-corrected chi connectivity index (χ4v) is 1.21. The molecule has 0 heterocycles. The van der Waals surface area contributed by atoms with Gasteiger partial charge in [0.15, 0.2) is 11.6 Å². The number of phenols is 1. The largest absolute Gasteiger partial charge is 0.505 e. The first-order chi connectivity index (χ1) is 6.97. The van der Waals surface area contributed by atoms with Crippen molar-refractivity contribution in [2.75, 3.05) is 0 Å². The molecule has 1 atom stereocenters. The molecule has 0 aromatic heterocycles. The number of aromatic hydroxyl groups is 1. The molecule has 1 aromatic carbocycles. The first-order valence-electron chi connectivity index (χ1n) is 4.39. The predicted molar refractivity (Wildman–Crippen MR) is 51.9 cm³/mol. The molecule has 0 aliphatic rings. The van der Waals surface area contributed by atoms with Crippen LogP contribution in [0.5, 0.6) is 5.75 Å². The number of nitrogens with two attached hydrogens (primary N) is 1. The second-order valence-electron chi connectivity index (χ2n) is 3.14. The van der Waals surface area contributed by atoms with Crippen LogP contribution in [-0.2, 0) is 0 Å². The van der Waals surface area contributed by atoms with Gasteiger partial charge < -0.3 is 10.8 Å². The van der Waals surface area contributed by atoms with E-state index in [1.54, 1.807) is 6.92 Å². The van der Waals surface area contributed by atoms with E-state index in [0.29, 0.717) is 12.5 Å². The van der Waals surface area contributed by atoms with E-state index in [0.717, 1.165) is 6.07 Å². The molecule has 0 amide bonds. The molecular weight excluding hydrogens is 203 g/mol. The molecule has 0 aliphatic heterocycles. The lowest BCUT2D eigenvalue weighted by atomic mass is 10.0. The van der Waals surface area contributed by atoms with Crippen molar-refractivity contribution in [3.63, 3.8) is 0 Å². The summed E-state index contributed by atoms with van der Waals surface area (Å²) < 4.78 is 13.1. The van der Waals surface area contributed by atoms with E-state index in [1.165, 1.54) is 0 Å². The van der Waals surface area contributed by atoms with Crippen molar-refractivity contribution in [3.8, 4) is 5.75 Å². The quantitative estimate of drug-likeness (QED) is 0.593. The van der Waals surface area contributed by atoms with Crippen LogP contribution < -0.4 is 5.73 Å². The third-order valence-electron chi connectivity index (χ3n) is 2.13. The number of nitrogens with zero attached hydrogens (tertiary/aromatic N) is 1. The van der Waals surface area contributed by atoms with Crippen molar-refractivity contribution >= 4 is 5.69 Å². The lowest BCUT2D eigenvalue weighted by Gasteiger charge is -2.11. The third-order valence-corrected chi connectivity index (χ3v) is 2.13. The average Bonchev–Trinajstić information content (AvgIpc) is 2.20. The van der Waals surface area contributed by atoms with Gasteiger partial charge in [-0.3, -0.25) is 10.1 Å². The molecule has 1 rings (SSSR count). The summed E-state index contributed by atoms with van der Waals surface area (Å²) in [5.74, 6) is -1.64. The number of phenolic OH excluding ortho intramolecular Hbond substituents is 1. The monoisotopic (exact) mass is 214 g/mol. The number of non-ortho nitro benzene ring substituents is 1. The summed E-state index contributed by atoms with van der Waals surface area (Å²) in [5, 5.41) is 19.8. The van der Waals surface area contributed by atoms with Gasteiger partial charge in [0.1, 0.15) is 0 Å². The van der Waals surface area contributed by atoms with Crippen molar-refractivity contribution < 1.29 is 14.4 Å². The van der Waals surface area contributed by atoms with Gasteiger partial charge in [-0.25, -0.2) is 4.39 Å². The zero-order valence-corrected chi connectivity index (χ0v) is 8.11. The summed E-state index contributed by atoms with van der Waals surface area (Å²) in [5.41, 5.74) is 5.23. The Labute approximate surface area is 85.5 Å². The molecule has 0 unspecified atom stereocenters. The summed E-state index contributed by atoms with van der Waals surface area (Å²) in [6.45, 7) is 1.74. The van der Waals surface area contributed by atoms with Gasteiger partial charge in [0.25, 0.3) is 5.69 Å². The van der Waals surface area contributed by atoms with Crippen molar-refractivity contribution in [1.82, 2.24) is 0 Å². The summed E-state index contributed by atoms with van der Waals surface area (Å²) in [6.07, 6.45) is 0.453. The van der Waals surface area contributed by atoms with Gasteiger partial charge in [-0.15, -0.1) is 0 Å². The summed E-state index contributed by atoms with van der Waals surface area (Å²) in [7, 11) is 0. The van der Waals surface area contributed by atoms with Crippen LogP contribution >= 0.6 is 0 Å². The minimum absolute atomic E-state index is 0.0594. The second-order valence-corrected chi connectivity index (χ2v) is 3.14. The number of hydrogen-bond donors (Lipinski definition) is 2. The molecule has 0 saturated carbocycles. The molecule has 82 valence electrons. The zero-order valence-electron chi connectivity index (χ0n) is 8.11. The predicted octanol–water partition coefficient (Wildman–Crippen LogP) is 1.85. The van der Waals surface area contributed by atoms with E-state index in [4.69, 9.17) is 5.73 Å². The van der Waals surface area contributed by atoms with E-state index < -0.39 is 28.2 Å². The fourth-order valence-electron chi connectivity index (χ4n) is 1.21. The number of nitro benzene ring substituents is 1. The standard InChI is InChI=1S/C9H11FN2O3/c1-2-8(11)6-3-5(12(14)15)4-7(10)9(6)13/h3-4,8,13H,2,11H2,1H3/t8-/m0/s1. The van der Waals surface area contributed by atoms with Crippen LogP contribution in [0.4, 0.5) is 10.1 Å². The fraction of sp³-hybridized carbons (Fsp3) is 0.333. The minimum atomic E-state index is -1.02. The molecule has 0 spiro atoms. The van der Waals surface area contributed by atoms with E-state index in [-0.39, 0.29) is 5.56 Å². The number of rotatable bonds is 3. The molecule has 0 bridgehead atoms. The maximum absolute atomic E-state index is 13.1. The minimum Gasteiger partial charge on any atom is -0.505 e. The summed E-state index contributed by atoms with van der Waals surface area (Å²) >= 11 is 0. The Morgan fingerprint density at radius 1 is 1.67 bits per heavy atom. The molecule has 6 heteroatoms. The molecule has 15 heavy (non-hydrogen) atoms. The third kappa shape index (κ3) is 2.21. The molecule has 0 saturated heterocycles. The SMILES string of the molecule is CC[C@H](N)c1cc([N+](=O)[O-])cc(F)c1O. The zero-order chi connectivity index (χ0) is 11.6. The molecule has 0 radical (unpaired) electrons. The van der Waals surface area contributed by atoms with Crippen molar-refractivity contribution in [3.05, 3.63) is 33.6 Å². The van der Waals surface area contributed by atoms with Crippen molar-refractivity contribution in [2.24, 2.45) is 5.73 Å². The molecular formula is C9H11FN2O3. The highest BCUT2D eigenvalue weighted by atomic mass is 19.1.